The Morgan fingerprint density at radius 1 is 1.28 bits per heavy atom. The summed E-state index contributed by atoms with van der Waals surface area (Å²) in [4.78, 5) is 4.29. The first-order chi connectivity index (χ1) is 8.78. The van der Waals surface area contributed by atoms with Crippen LogP contribution in [0, 0.1) is 5.82 Å². The molecule has 1 aromatic heterocycles. The number of hydrogen-bond donors (Lipinski definition) is 1. The van der Waals surface area contributed by atoms with Crippen molar-refractivity contribution in [3.63, 3.8) is 0 Å². The van der Waals surface area contributed by atoms with Crippen LogP contribution in [0.1, 0.15) is 24.2 Å². The van der Waals surface area contributed by atoms with Gasteiger partial charge in [-0.1, -0.05) is 24.2 Å². The summed E-state index contributed by atoms with van der Waals surface area (Å²) in [6.07, 6.45) is 1.29. The first-order valence-electron chi connectivity index (χ1n) is 6.04. The molecule has 0 fully saturated rings. The standard InChI is InChI=1S/C13H16FN3O/c1-2-15-8-7-13-16-12(17-18-13)9-10-3-5-11(14)6-4-10/h3-6,15H,2,7-9H2,1H3. The van der Waals surface area contributed by atoms with Crippen LogP contribution in [0.5, 0.6) is 0 Å². The third-order valence-electron chi connectivity index (χ3n) is 2.55. The topological polar surface area (TPSA) is 51.0 Å². The van der Waals surface area contributed by atoms with Gasteiger partial charge >= 0.3 is 0 Å². The molecule has 0 saturated heterocycles. The van der Waals surface area contributed by atoms with Crippen molar-refractivity contribution in [3.05, 3.63) is 47.4 Å². The van der Waals surface area contributed by atoms with Gasteiger partial charge in [0.25, 0.3) is 0 Å². The smallest absolute Gasteiger partial charge is 0.227 e. The third kappa shape index (κ3) is 3.63. The van der Waals surface area contributed by atoms with Crippen molar-refractivity contribution < 1.29 is 8.91 Å². The van der Waals surface area contributed by atoms with Crippen LogP contribution in [0.15, 0.2) is 28.8 Å². The Morgan fingerprint density at radius 2 is 2.06 bits per heavy atom. The number of likely N-dealkylation sites (N-methyl/N-ethyl adjacent to an activating group) is 1. The fourth-order valence-electron chi connectivity index (χ4n) is 1.62. The van der Waals surface area contributed by atoms with Gasteiger partial charge in [0, 0.05) is 19.4 Å². The van der Waals surface area contributed by atoms with Gasteiger partial charge in [-0.3, -0.25) is 0 Å². The highest BCUT2D eigenvalue weighted by Crippen LogP contribution is 2.08. The van der Waals surface area contributed by atoms with Crippen LogP contribution >= 0.6 is 0 Å². The van der Waals surface area contributed by atoms with Crippen LogP contribution in [0.25, 0.3) is 0 Å². The molecule has 18 heavy (non-hydrogen) atoms. The van der Waals surface area contributed by atoms with E-state index >= 15 is 0 Å². The van der Waals surface area contributed by atoms with Gasteiger partial charge in [-0.15, -0.1) is 0 Å². The van der Waals surface area contributed by atoms with Crippen LogP contribution in [0.3, 0.4) is 0 Å². The number of aromatic nitrogens is 2. The van der Waals surface area contributed by atoms with E-state index in [9.17, 15) is 4.39 Å². The van der Waals surface area contributed by atoms with Crippen molar-refractivity contribution in [2.75, 3.05) is 13.1 Å². The first-order valence-corrected chi connectivity index (χ1v) is 6.04. The molecule has 0 amide bonds. The van der Waals surface area contributed by atoms with Gasteiger partial charge in [-0.2, -0.15) is 4.98 Å². The molecule has 0 radical (unpaired) electrons. The largest absolute Gasteiger partial charge is 0.339 e. The Hall–Kier alpha value is -1.75. The summed E-state index contributed by atoms with van der Waals surface area (Å²) in [6, 6.07) is 6.32. The fourth-order valence-corrected chi connectivity index (χ4v) is 1.62. The Morgan fingerprint density at radius 3 is 2.78 bits per heavy atom. The molecule has 0 bridgehead atoms. The monoisotopic (exact) mass is 249 g/mol. The van der Waals surface area contributed by atoms with Crippen LogP contribution in [0.4, 0.5) is 4.39 Å². The van der Waals surface area contributed by atoms with E-state index in [1.165, 1.54) is 12.1 Å². The molecule has 0 atom stereocenters. The minimum atomic E-state index is -0.238. The van der Waals surface area contributed by atoms with E-state index in [1.54, 1.807) is 12.1 Å². The number of nitrogens with zero attached hydrogens (tertiary/aromatic N) is 2. The Balaban J connectivity index is 1.91. The van der Waals surface area contributed by atoms with Crippen LogP contribution in [-0.4, -0.2) is 23.2 Å². The van der Waals surface area contributed by atoms with Crippen molar-refractivity contribution in [1.82, 2.24) is 15.5 Å². The van der Waals surface area contributed by atoms with E-state index in [1.807, 2.05) is 6.92 Å². The van der Waals surface area contributed by atoms with Crippen LogP contribution < -0.4 is 5.32 Å². The molecule has 0 aliphatic carbocycles. The second kappa shape index (κ2) is 6.26. The lowest BCUT2D eigenvalue weighted by Crippen LogP contribution is -2.16. The van der Waals surface area contributed by atoms with E-state index in [0.29, 0.717) is 18.1 Å². The molecule has 1 heterocycles. The maximum absolute atomic E-state index is 12.7. The van der Waals surface area contributed by atoms with Crippen molar-refractivity contribution in [2.45, 2.75) is 19.8 Å². The summed E-state index contributed by atoms with van der Waals surface area (Å²) >= 11 is 0. The average molecular weight is 249 g/mol. The van der Waals surface area contributed by atoms with E-state index in [2.05, 4.69) is 15.5 Å². The van der Waals surface area contributed by atoms with E-state index in [0.717, 1.165) is 25.1 Å². The highest BCUT2D eigenvalue weighted by atomic mass is 19.1. The second-order valence-electron chi connectivity index (χ2n) is 4.01. The molecule has 0 spiro atoms. The quantitative estimate of drug-likeness (QED) is 0.795. The van der Waals surface area contributed by atoms with Crippen molar-refractivity contribution in [2.24, 2.45) is 0 Å². The number of hydrogen-bond acceptors (Lipinski definition) is 4. The number of halogens is 1. The second-order valence-corrected chi connectivity index (χ2v) is 4.01. The molecule has 5 heteroatoms. The Kier molecular flexibility index (Phi) is 4.41. The molecule has 1 N–H and O–H groups in total. The molecule has 0 unspecified atom stereocenters. The maximum atomic E-state index is 12.7. The number of benzene rings is 1. The SMILES string of the molecule is CCNCCc1nc(Cc2ccc(F)cc2)no1. The molecule has 4 nitrogen and oxygen atoms in total. The summed E-state index contributed by atoms with van der Waals surface area (Å²) in [5, 5.41) is 7.10. The molecular weight excluding hydrogens is 233 g/mol. The normalized spacial score (nSPS) is 10.8. The van der Waals surface area contributed by atoms with Gasteiger partial charge in [0.1, 0.15) is 5.82 Å². The highest BCUT2D eigenvalue weighted by Gasteiger charge is 2.06. The summed E-state index contributed by atoms with van der Waals surface area (Å²) in [6.45, 7) is 3.80. The van der Waals surface area contributed by atoms with E-state index in [4.69, 9.17) is 4.52 Å². The van der Waals surface area contributed by atoms with Gasteiger partial charge in [0.2, 0.25) is 5.89 Å². The molecule has 1 aromatic carbocycles. The van der Waals surface area contributed by atoms with Gasteiger partial charge in [-0.25, -0.2) is 4.39 Å². The summed E-state index contributed by atoms with van der Waals surface area (Å²) < 4.78 is 17.9. The molecule has 0 aliphatic rings. The predicted octanol–water partition coefficient (Wildman–Crippen LogP) is 1.95. The van der Waals surface area contributed by atoms with Gasteiger partial charge in [-0.05, 0) is 24.2 Å². The average Bonchev–Trinajstić information content (AvgIpc) is 2.80. The lowest BCUT2D eigenvalue weighted by atomic mass is 10.1. The van der Waals surface area contributed by atoms with Gasteiger partial charge in [0.05, 0.1) is 0 Å². The zero-order chi connectivity index (χ0) is 12.8. The lowest BCUT2D eigenvalue weighted by Gasteiger charge is -1.96. The first kappa shape index (κ1) is 12.7. The van der Waals surface area contributed by atoms with Gasteiger partial charge in [0.15, 0.2) is 5.82 Å². The van der Waals surface area contributed by atoms with E-state index in [-0.39, 0.29) is 5.82 Å². The number of rotatable bonds is 6. The predicted molar refractivity (Wildman–Crippen MR) is 65.8 cm³/mol. The Bertz CT molecular complexity index is 481. The minimum absolute atomic E-state index is 0.238. The highest BCUT2D eigenvalue weighted by molar-refractivity contribution is 5.19. The summed E-state index contributed by atoms with van der Waals surface area (Å²) in [5.74, 6) is 1.03. The van der Waals surface area contributed by atoms with Crippen molar-refractivity contribution >= 4 is 0 Å². The Labute approximate surface area is 105 Å². The maximum Gasteiger partial charge on any atom is 0.227 e. The molecule has 2 rings (SSSR count). The molecule has 96 valence electrons. The fraction of sp³-hybridized carbons (Fsp3) is 0.385. The summed E-state index contributed by atoms with van der Waals surface area (Å²) in [7, 11) is 0. The van der Waals surface area contributed by atoms with Crippen LogP contribution in [-0.2, 0) is 12.8 Å². The summed E-state index contributed by atoms with van der Waals surface area (Å²) in [5.41, 5.74) is 0.968. The molecule has 2 aromatic rings. The van der Waals surface area contributed by atoms with Crippen LogP contribution in [0.2, 0.25) is 0 Å². The zero-order valence-corrected chi connectivity index (χ0v) is 10.3. The minimum Gasteiger partial charge on any atom is -0.339 e. The van der Waals surface area contributed by atoms with Crippen molar-refractivity contribution in [3.8, 4) is 0 Å². The zero-order valence-electron chi connectivity index (χ0n) is 10.3. The van der Waals surface area contributed by atoms with Crippen molar-refractivity contribution in [1.29, 1.82) is 0 Å². The molecule has 0 saturated carbocycles. The lowest BCUT2D eigenvalue weighted by molar-refractivity contribution is 0.372. The molecular formula is C13H16FN3O. The molecule has 0 aliphatic heterocycles. The number of nitrogens with one attached hydrogen (secondary N) is 1. The third-order valence-corrected chi connectivity index (χ3v) is 2.55. The van der Waals surface area contributed by atoms with E-state index < -0.39 is 0 Å². The van der Waals surface area contributed by atoms with Gasteiger partial charge < -0.3 is 9.84 Å².